The van der Waals surface area contributed by atoms with Crippen LogP contribution in [0.25, 0.3) is 5.57 Å². The highest BCUT2D eigenvalue weighted by Gasteiger charge is 2.35. The molecule has 0 heterocycles. The summed E-state index contributed by atoms with van der Waals surface area (Å²) in [4.78, 5) is 12.0. The Hall–Kier alpha value is -2.35. The molecule has 0 aliphatic heterocycles. The Kier molecular flexibility index (Phi) is 4.61. The van der Waals surface area contributed by atoms with E-state index in [1.54, 1.807) is 0 Å². The molecule has 1 aliphatic carbocycles. The van der Waals surface area contributed by atoms with Gasteiger partial charge in [0.05, 0.1) is 13.0 Å². The van der Waals surface area contributed by atoms with Crippen molar-refractivity contribution < 1.29 is 9.53 Å². The zero-order chi connectivity index (χ0) is 16.2. The Labute approximate surface area is 137 Å². The maximum atomic E-state index is 12.0. The largest absolute Gasteiger partial charge is 0.469 e. The summed E-state index contributed by atoms with van der Waals surface area (Å²) in [5, 5.41) is 0. The second-order valence-corrected chi connectivity index (χ2v) is 6.23. The molecule has 0 radical (unpaired) electrons. The predicted molar refractivity (Wildman–Crippen MR) is 92.8 cm³/mol. The lowest BCUT2D eigenvalue weighted by Crippen LogP contribution is -2.18. The van der Waals surface area contributed by atoms with Crippen molar-refractivity contribution >= 4 is 11.5 Å². The van der Waals surface area contributed by atoms with Crippen LogP contribution in [0.1, 0.15) is 30.9 Å². The Bertz CT molecular complexity index is 660. The van der Waals surface area contributed by atoms with Gasteiger partial charge in [-0.3, -0.25) is 4.79 Å². The number of hydrogen-bond donors (Lipinski definition) is 0. The average Bonchev–Trinajstić information content (AvgIpc) is 2.98. The minimum absolute atomic E-state index is 0.0302. The van der Waals surface area contributed by atoms with Crippen LogP contribution in [0.3, 0.4) is 0 Å². The summed E-state index contributed by atoms with van der Waals surface area (Å²) in [6.07, 6.45) is 1.73. The molecule has 0 N–H and O–H groups in total. The van der Waals surface area contributed by atoms with Crippen molar-refractivity contribution in [1.82, 2.24) is 0 Å². The quantitative estimate of drug-likeness (QED) is 0.768. The van der Waals surface area contributed by atoms with E-state index in [2.05, 4.69) is 55.5 Å². The molecule has 0 aromatic heterocycles. The van der Waals surface area contributed by atoms with Gasteiger partial charge in [0, 0.05) is 0 Å². The molecule has 1 fully saturated rings. The van der Waals surface area contributed by atoms with E-state index in [1.807, 2.05) is 12.1 Å². The Morgan fingerprint density at radius 2 is 1.43 bits per heavy atom. The van der Waals surface area contributed by atoms with Crippen molar-refractivity contribution in [2.24, 2.45) is 11.8 Å². The third-order valence-electron chi connectivity index (χ3n) is 4.70. The molecular formula is C21H22O2. The highest BCUT2D eigenvalue weighted by Crippen LogP contribution is 2.42. The van der Waals surface area contributed by atoms with E-state index in [1.165, 1.54) is 29.4 Å². The lowest BCUT2D eigenvalue weighted by Gasteiger charge is -2.13. The van der Waals surface area contributed by atoms with Gasteiger partial charge < -0.3 is 4.74 Å². The first kappa shape index (κ1) is 15.5. The maximum absolute atomic E-state index is 12.0. The minimum atomic E-state index is -0.0898. The van der Waals surface area contributed by atoms with Gasteiger partial charge in [-0.2, -0.15) is 0 Å². The number of rotatable bonds is 3. The molecule has 2 nitrogen and oxygen atoms in total. The van der Waals surface area contributed by atoms with Crippen LogP contribution in [0, 0.1) is 11.8 Å². The van der Waals surface area contributed by atoms with Crippen molar-refractivity contribution in [3.63, 3.8) is 0 Å². The molecular weight excluding hydrogens is 284 g/mol. The fourth-order valence-electron chi connectivity index (χ4n) is 3.54. The molecule has 2 unspecified atom stereocenters. The van der Waals surface area contributed by atoms with E-state index in [4.69, 9.17) is 4.74 Å². The number of carbonyl (C=O) groups is 1. The van der Waals surface area contributed by atoms with Crippen LogP contribution < -0.4 is 0 Å². The van der Waals surface area contributed by atoms with Crippen molar-refractivity contribution in [3.8, 4) is 0 Å². The van der Waals surface area contributed by atoms with E-state index in [0.717, 1.165) is 12.8 Å². The van der Waals surface area contributed by atoms with Gasteiger partial charge >= 0.3 is 5.97 Å². The van der Waals surface area contributed by atoms with Crippen LogP contribution in [-0.4, -0.2) is 13.1 Å². The summed E-state index contributed by atoms with van der Waals surface area (Å²) in [5.74, 6) is 0.199. The van der Waals surface area contributed by atoms with Gasteiger partial charge in [-0.05, 0) is 35.5 Å². The van der Waals surface area contributed by atoms with E-state index in [9.17, 15) is 4.79 Å². The van der Waals surface area contributed by atoms with Crippen molar-refractivity contribution in [2.75, 3.05) is 7.11 Å². The highest BCUT2D eigenvalue weighted by atomic mass is 16.5. The molecule has 0 spiro atoms. The molecule has 23 heavy (non-hydrogen) atoms. The number of carbonyl (C=O) groups excluding carboxylic acids is 1. The summed E-state index contributed by atoms with van der Waals surface area (Å²) < 4.78 is 4.98. The highest BCUT2D eigenvalue weighted by molar-refractivity contribution is 5.84. The van der Waals surface area contributed by atoms with Gasteiger partial charge in [-0.25, -0.2) is 0 Å². The standard InChI is InChI=1S/C21H22O2/c1-15-13-18(14-19(15)21(22)23-2)20(16-9-5-3-6-10-16)17-11-7-4-8-12-17/h3-12,15,19H,13-14H2,1-2H3. The smallest absolute Gasteiger partial charge is 0.309 e. The maximum Gasteiger partial charge on any atom is 0.309 e. The molecule has 1 saturated carbocycles. The molecule has 3 rings (SSSR count). The second kappa shape index (κ2) is 6.82. The van der Waals surface area contributed by atoms with Crippen LogP contribution in [0.2, 0.25) is 0 Å². The van der Waals surface area contributed by atoms with E-state index < -0.39 is 0 Å². The molecule has 2 atom stereocenters. The first-order valence-electron chi connectivity index (χ1n) is 8.11. The van der Waals surface area contributed by atoms with Crippen molar-refractivity contribution in [2.45, 2.75) is 19.8 Å². The van der Waals surface area contributed by atoms with E-state index in [0.29, 0.717) is 5.92 Å². The van der Waals surface area contributed by atoms with Gasteiger partial charge in [-0.1, -0.05) is 73.2 Å². The van der Waals surface area contributed by atoms with Gasteiger partial charge in [-0.15, -0.1) is 0 Å². The van der Waals surface area contributed by atoms with Gasteiger partial charge in [0.25, 0.3) is 0 Å². The second-order valence-electron chi connectivity index (χ2n) is 6.23. The Morgan fingerprint density at radius 3 is 1.91 bits per heavy atom. The Balaban J connectivity index is 2.08. The minimum Gasteiger partial charge on any atom is -0.469 e. The summed E-state index contributed by atoms with van der Waals surface area (Å²) in [7, 11) is 1.48. The molecule has 0 saturated heterocycles. The van der Waals surface area contributed by atoms with Crippen molar-refractivity contribution in [1.29, 1.82) is 0 Å². The monoisotopic (exact) mass is 306 g/mol. The number of allylic oxidation sites excluding steroid dienone is 1. The normalized spacial score (nSPS) is 20.3. The summed E-state index contributed by atoms with van der Waals surface area (Å²) in [6, 6.07) is 20.9. The number of methoxy groups -OCH3 is 1. The van der Waals surface area contributed by atoms with Crippen LogP contribution in [-0.2, 0) is 9.53 Å². The average molecular weight is 306 g/mol. The number of ether oxygens (including phenoxy) is 1. The zero-order valence-electron chi connectivity index (χ0n) is 13.7. The molecule has 0 amide bonds. The molecule has 2 aromatic carbocycles. The molecule has 2 heteroatoms. The third-order valence-corrected chi connectivity index (χ3v) is 4.70. The molecule has 118 valence electrons. The van der Waals surface area contributed by atoms with Crippen LogP contribution in [0.4, 0.5) is 0 Å². The first-order valence-corrected chi connectivity index (χ1v) is 8.11. The van der Waals surface area contributed by atoms with Gasteiger partial charge in [0.15, 0.2) is 0 Å². The molecule has 2 aromatic rings. The van der Waals surface area contributed by atoms with Crippen LogP contribution in [0.15, 0.2) is 66.2 Å². The summed E-state index contributed by atoms with van der Waals surface area (Å²) >= 11 is 0. The SMILES string of the molecule is COC(=O)C1CC(=C(c2ccccc2)c2ccccc2)CC1C. The summed E-state index contributed by atoms with van der Waals surface area (Å²) in [5.41, 5.74) is 5.05. The molecule has 1 aliphatic rings. The predicted octanol–water partition coefficient (Wildman–Crippen LogP) is 4.71. The molecule has 0 bridgehead atoms. The van der Waals surface area contributed by atoms with Gasteiger partial charge in [0.1, 0.15) is 0 Å². The summed E-state index contributed by atoms with van der Waals surface area (Å²) in [6.45, 7) is 2.14. The zero-order valence-corrected chi connectivity index (χ0v) is 13.7. The number of benzene rings is 2. The topological polar surface area (TPSA) is 26.3 Å². The lowest BCUT2D eigenvalue weighted by molar-refractivity contribution is -0.146. The lowest BCUT2D eigenvalue weighted by atomic mass is 9.92. The van der Waals surface area contributed by atoms with E-state index in [-0.39, 0.29) is 11.9 Å². The number of esters is 1. The fourth-order valence-corrected chi connectivity index (χ4v) is 3.54. The Morgan fingerprint density at radius 1 is 0.913 bits per heavy atom. The van der Waals surface area contributed by atoms with Gasteiger partial charge in [0.2, 0.25) is 0 Å². The number of hydrogen-bond acceptors (Lipinski definition) is 2. The van der Waals surface area contributed by atoms with E-state index >= 15 is 0 Å². The first-order chi connectivity index (χ1) is 11.2. The third kappa shape index (κ3) is 3.21. The fraction of sp³-hybridized carbons (Fsp3) is 0.286. The van der Waals surface area contributed by atoms with Crippen LogP contribution in [0.5, 0.6) is 0 Å². The van der Waals surface area contributed by atoms with Crippen LogP contribution >= 0.6 is 0 Å². The van der Waals surface area contributed by atoms with Crippen molar-refractivity contribution in [3.05, 3.63) is 77.4 Å².